The zero-order valence-corrected chi connectivity index (χ0v) is 9.07. The molecule has 0 saturated heterocycles. The Balaban J connectivity index is 2.35. The third kappa shape index (κ3) is 2.06. The molecule has 2 rings (SSSR count). The predicted octanol–water partition coefficient (Wildman–Crippen LogP) is 2.10. The first-order chi connectivity index (χ1) is 7.16. The van der Waals surface area contributed by atoms with E-state index in [4.69, 9.17) is 5.73 Å². The maximum Gasteiger partial charge on any atom is 0.123 e. The lowest BCUT2D eigenvalue weighted by atomic mass is 9.94. The first kappa shape index (κ1) is 9.90. The molecule has 0 fully saturated rings. The van der Waals surface area contributed by atoms with Crippen LogP contribution in [0.1, 0.15) is 24.5 Å². The first-order valence-corrected chi connectivity index (χ1v) is 5.14. The predicted molar refractivity (Wildman–Crippen MR) is 63.1 cm³/mol. The number of aryl methyl sites for hydroxylation is 1. The minimum Gasteiger partial charge on any atom is -0.386 e. The van der Waals surface area contributed by atoms with Gasteiger partial charge in [-0.2, -0.15) is 5.10 Å². The van der Waals surface area contributed by atoms with Gasteiger partial charge in [-0.1, -0.05) is 36.8 Å². The fourth-order valence-corrected chi connectivity index (χ4v) is 1.73. The highest BCUT2D eigenvalue weighted by Gasteiger charge is 2.17. The minimum atomic E-state index is 0.352. The molecule has 0 aliphatic carbocycles. The third-order valence-electron chi connectivity index (χ3n) is 2.62. The highest BCUT2D eigenvalue weighted by atomic mass is 15.2. The number of nitrogens with two attached hydrogens (primary N) is 1. The topological polar surface area (TPSA) is 50.7 Å². The molecule has 2 N–H and O–H groups in total. The summed E-state index contributed by atoms with van der Waals surface area (Å²) in [7, 11) is 0. The van der Waals surface area contributed by atoms with Crippen molar-refractivity contribution in [3.63, 3.8) is 0 Å². The van der Waals surface area contributed by atoms with Crippen molar-refractivity contribution < 1.29 is 0 Å². The molecule has 0 radical (unpaired) electrons. The van der Waals surface area contributed by atoms with Crippen LogP contribution >= 0.6 is 0 Å². The van der Waals surface area contributed by atoms with Crippen LogP contribution < -0.4 is 5.73 Å². The van der Waals surface area contributed by atoms with Gasteiger partial charge in [-0.25, -0.2) is 0 Å². The number of hydrogen-bond donors (Lipinski definition) is 1. The van der Waals surface area contributed by atoms with Crippen LogP contribution in [0.2, 0.25) is 0 Å². The van der Waals surface area contributed by atoms with Gasteiger partial charge in [0.05, 0.1) is 5.71 Å². The summed E-state index contributed by atoms with van der Waals surface area (Å²) in [6.07, 6.45) is 0.798. The summed E-state index contributed by atoms with van der Waals surface area (Å²) in [5.74, 6) is 0.976. The van der Waals surface area contributed by atoms with Gasteiger partial charge in [0.1, 0.15) is 5.84 Å². The van der Waals surface area contributed by atoms with Gasteiger partial charge in [-0.15, -0.1) is 5.10 Å². The standard InChI is InChI=1S/C12H15N3/c1-8-3-5-10(6-4-8)12-9(2)7-11(13)14-15-12/h3-6,9H,7H2,1-2H3,(H2,13,14). The van der Waals surface area contributed by atoms with E-state index < -0.39 is 0 Å². The van der Waals surface area contributed by atoms with Crippen LogP contribution in [0.25, 0.3) is 0 Å². The van der Waals surface area contributed by atoms with Gasteiger partial charge < -0.3 is 5.73 Å². The summed E-state index contributed by atoms with van der Waals surface area (Å²) < 4.78 is 0. The summed E-state index contributed by atoms with van der Waals surface area (Å²) in [5, 5.41) is 8.11. The van der Waals surface area contributed by atoms with Gasteiger partial charge in [-0.05, 0) is 12.5 Å². The largest absolute Gasteiger partial charge is 0.386 e. The molecule has 78 valence electrons. The van der Waals surface area contributed by atoms with E-state index in [-0.39, 0.29) is 0 Å². The van der Waals surface area contributed by atoms with Crippen LogP contribution in [-0.2, 0) is 0 Å². The van der Waals surface area contributed by atoms with Gasteiger partial charge >= 0.3 is 0 Å². The molecule has 15 heavy (non-hydrogen) atoms. The monoisotopic (exact) mass is 201 g/mol. The van der Waals surface area contributed by atoms with E-state index in [0.717, 1.165) is 17.7 Å². The zero-order valence-electron chi connectivity index (χ0n) is 9.07. The van der Waals surface area contributed by atoms with Crippen molar-refractivity contribution in [3.05, 3.63) is 35.4 Å². The maximum atomic E-state index is 5.63. The summed E-state index contributed by atoms with van der Waals surface area (Å²) in [4.78, 5) is 0. The molecule has 1 aliphatic heterocycles. The van der Waals surface area contributed by atoms with E-state index in [2.05, 4.69) is 48.3 Å². The number of benzene rings is 1. The molecule has 0 bridgehead atoms. The molecule has 1 aromatic carbocycles. The summed E-state index contributed by atoms with van der Waals surface area (Å²) >= 11 is 0. The molecule has 1 atom stereocenters. The van der Waals surface area contributed by atoms with Crippen LogP contribution in [0, 0.1) is 12.8 Å². The van der Waals surface area contributed by atoms with E-state index in [1.807, 2.05) is 0 Å². The lowest BCUT2D eigenvalue weighted by molar-refractivity contribution is 0.783. The van der Waals surface area contributed by atoms with E-state index in [0.29, 0.717) is 11.8 Å². The van der Waals surface area contributed by atoms with Crippen molar-refractivity contribution in [2.75, 3.05) is 0 Å². The maximum absolute atomic E-state index is 5.63. The van der Waals surface area contributed by atoms with Crippen molar-refractivity contribution in [2.45, 2.75) is 20.3 Å². The van der Waals surface area contributed by atoms with Crippen molar-refractivity contribution in [2.24, 2.45) is 21.9 Å². The Bertz CT molecular complexity index is 415. The second-order valence-electron chi connectivity index (χ2n) is 4.05. The Morgan fingerprint density at radius 1 is 1.20 bits per heavy atom. The summed E-state index contributed by atoms with van der Waals surface area (Å²) in [6.45, 7) is 4.20. The quantitative estimate of drug-likeness (QED) is 0.743. The van der Waals surface area contributed by atoms with Crippen LogP contribution in [0.15, 0.2) is 34.5 Å². The fourth-order valence-electron chi connectivity index (χ4n) is 1.73. The number of hydrogen-bond acceptors (Lipinski definition) is 3. The lowest BCUT2D eigenvalue weighted by Crippen LogP contribution is -2.25. The molecule has 0 spiro atoms. The Kier molecular flexibility index (Phi) is 2.54. The smallest absolute Gasteiger partial charge is 0.123 e. The minimum absolute atomic E-state index is 0.352. The van der Waals surface area contributed by atoms with E-state index in [9.17, 15) is 0 Å². The second-order valence-corrected chi connectivity index (χ2v) is 4.05. The van der Waals surface area contributed by atoms with Gasteiger partial charge in [0.15, 0.2) is 0 Å². The fraction of sp³-hybridized carbons (Fsp3) is 0.333. The highest BCUT2D eigenvalue weighted by Crippen LogP contribution is 2.17. The van der Waals surface area contributed by atoms with Crippen LogP contribution in [-0.4, -0.2) is 11.5 Å². The Labute approximate surface area is 89.7 Å². The van der Waals surface area contributed by atoms with Crippen molar-refractivity contribution >= 4 is 11.5 Å². The molecule has 0 saturated carbocycles. The van der Waals surface area contributed by atoms with Crippen molar-refractivity contribution in [3.8, 4) is 0 Å². The van der Waals surface area contributed by atoms with Crippen LogP contribution in [0.3, 0.4) is 0 Å². The number of nitrogens with zero attached hydrogens (tertiary/aromatic N) is 2. The van der Waals surface area contributed by atoms with Gasteiger partial charge in [0.2, 0.25) is 0 Å². The van der Waals surface area contributed by atoms with Gasteiger partial charge in [-0.3, -0.25) is 0 Å². The molecule has 1 unspecified atom stereocenters. The first-order valence-electron chi connectivity index (χ1n) is 5.14. The lowest BCUT2D eigenvalue weighted by Gasteiger charge is -2.17. The molecule has 0 amide bonds. The third-order valence-corrected chi connectivity index (χ3v) is 2.62. The van der Waals surface area contributed by atoms with Crippen molar-refractivity contribution in [1.82, 2.24) is 0 Å². The van der Waals surface area contributed by atoms with Crippen molar-refractivity contribution in [1.29, 1.82) is 0 Å². The average Bonchev–Trinajstić information content (AvgIpc) is 2.20. The molecule has 1 aliphatic rings. The molecule has 3 heteroatoms. The Hall–Kier alpha value is -1.64. The van der Waals surface area contributed by atoms with Gasteiger partial charge in [0, 0.05) is 12.3 Å². The SMILES string of the molecule is Cc1ccc(C2=NN=C(N)CC2C)cc1. The van der Waals surface area contributed by atoms with Gasteiger partial charge in [0.25, 0.3) is 0 Å². The molecular weight excluding hydrogens is 186 g/mol. The second kappa shape index (κ2) is 3.85. The summed E-state index contributed by atoms with van der Waals surface area (Å²) in [6, 6.07) is 8.35. The average molecular weight is 201 g/mol. The van der Waals surface area contributed by atoms with E-state index in [1.54, 1.807) is 0 Å². The van der Waals surface area contributed by atoms with E-state index >= 15 is 0 Å². The highest BCUT2D eigenvalue weighted by molar-refractivity contribution is 6.05. The Morgan fingerprint density at radius 2 is 1.87 bits per heavy atom. The molecule has 0 aromatic heterocycles. The normalized spacial score (nSPS) is 20.8. The number of amidine groups is 1. The molecule has 1 heterocycles. The summed E-state index contributed by atoms with van der Waals surface area (Å²) in [5.41, 5.74) is 9.06. The zero-order chi connectivity index (χ0) is 10.8. The molecule has 3 nitrogen and oxygen atoms in total. The Morgan fingerprint density at radius 3 is 2.47 bits per heavy atom. The molecule has 1 aromatic rings. The van der Waals surface area contributed by atoms with Crippen LogP contribution in [0.4, 0.5) is 0 Å². The number of rotatable bonds is 1. The molecular formula is C12H15N3. The van der Waals surface area contributed by atoms with E-state index in [1.165, 1.54) is 5.56 Å². The van der Waals surface area contributed by atoms with Crippen LogP contribution in [0.5, 0.6) is 0 Å².